The first-order valence-electron chi connectivity index (χ1n) is 4.80. The van der Waals surface area contributed by atoms with E-state index in [4.69, 9.17) is 5.11 Å². The molecule has 0 aromatic heterocycles. The Morgan fingerprint density at radius 1 is 1.50 bits per heavy atom. The van der Waals surface area contributed by atoms with Crippen LogP contribution in [-0.2, 0) is 9.59 Å². The van der Waals surface area contributed by atoms with Gasteiger partial charge in [-0.2, -0.15) is 5.10 Å². The SMILES string of the molecule is O=C(O)C1C=NN(C2CCCC2)C1=O. The van der Waals surface area contributed by atoms with E-state index in [2.05, 4.69) is 5.10 Å². The largest absolute Gasteiger partial charge is 0.480 e. The first-order valence-corrected chi connectivity index (χ1v) is 4.80. The average molecular weight is 196 g/mol. The summed E-state index contributed by atoms with van der Waals surface area (Å²) < 4.78 is 0. The van der Waals surface area contributed by atoms with E-state index in [9.17, 15) is 9.59 Å². The van der Waals surface area contributed by atoms with Crippen molar-refractivity contribution in [1.29, 1.82) is 0 Å². The van der Waals surface area contributed by atoms with Crippen molar-refractivity contribution in [2.24, 2.45) is 11.0 Å². The Balaban J connectivity index is 2.07. The van der Waals surface area contributed by atoms with E-state index in [1.165, 1.54) is 11.2 Å². The number of rotatable bonds is 2. The molecule has 1 atom stereocenters. The normalized spacial score (nSPS) is 27.6. The van der Waals surface area contributed by atoms with Crippen molar-refractivity contribution in [2.45, 2.75) is 31.7 Å². The summed E-state index contributed by atoms with van der Waals surface area (Å²) in [6, 6.07) is 0.128. The molecule has 2 aliphatic rings. The van der Waals surface area contributed by atoms with Crippen LogP contribution in [0.1, 0.15) is 25.7 Å². The summed E-state index contributed by atoms with van der Waals surface area (Å²) in [6.45, 7) is 0. The second-order valence-corrected chi connectivity index (χ2v) is 3.70. The summed E-state index contributed by atoms with van der Waals surface area (Å²) in [5.74, 6) is -2.56. The van der Waals surface area contributed by atoms with Crippen LogP contribution in [0.5, 0.6) is 0 Å². The monoisotopic (exact) mass is 196 g/mol. The third kappa shape index (κ3) is 1.38. The quantitative estimate of drug-likeness (QED) is 0.652. The number of aliphatic carboxylic acids is 1. The van der Waals surface area contributed by atoms with Gasteiger partial charge in [-0.25, -0.2) is 5.01 Å². The molecule has 1 heterocycles. The van der Waals surface area contributed by atoms with E-state index >= 15 is 0 Å². The molecule has 5 nitrogen and oxygen atoms in total. The predicted octanol–water partition coefficient (Wildman–Crippen LogP) is 0.458. The molecule has 1 saturated carbocycles. The van der Waals surface area contributed by atoms with Crippen LogP contribution in [0.4, 0.5) is 0 Å². The van der Waals surface area contributed by atoms with Crippen LogP contribution in [0.2, 0.25) is 0 Å². The van der Waals surface area contributed by atoms with Gasteiger partial charge in [-0.3, -0.25) is 9.59 Å². The first kappa shape index (κ1) is 9.18. The fourth-order valence-electron chi connectivity index (χ4n) is 1.99. The molecular formula is C9H12N2O3. The first-order chi connectivity index (χ1) is 6.70. The van der Waals surface area contributed by atoms with Gasteiger partial charge >= 0.3 is 5.97 Å². The number of carbonyl (C=O) groups excluding carboxylic acids is 1. The fraction of sp³-hybridized carbons (Fsp3) is 0.667. The zero-order valence-corrected chi connectivity index (χ0v) is 7.72. The molecule has 1 fully saturated rings. The molecule has 1 aliphatic heterocycles. The Kier molecular flexibility index (Phi) is 2.23. The number of amides is 1. The highest BCUT2D eigenvalue weighted by molar-refractivity contribution is 6.12. The van der Waals surface area contributed by atoms with Crippen molar-refractivity contribution in [3.63, 3.8) is 0 Å². The van der Waals surface area contributed by atoms with E-state index in [-0.39, 0.29) is 11.9 Å². The average Bonchev–Trinajstić information content (AvgIpc) is 2.71. The number of carboxylic acid groups (broad SMARTS) is 1. The molecule has 14 heavy (non-hydrogen) atoms. The number of hydrogen-bond acceptors (Lipinski definition) is 3. The number of hydrogen-bond donors (Lipinski definition) is 1. The number of carboxylic acids is 1. The molecule has 0 radical (unpaired) electrons. The summed E-state index contributed by atoms with van der Waals surface area (Å²) in [6.07, 6.45) is 5.30. The Hall–Kier alpha value is -1.39. The highest BCUT2D eigenvalue weighted by Gasteiger charge is 2.38. The van der Waals surface area contributed by atoms with Crippen LogP contribution in [0.3, 0.4) is 0 Å². The Morgan fingerprint density at radius 2 is 2.14 bits per heavy atom. The van der Waals surface area contributed by atoms with E-state index in [1.807, 2.05) is 0 Å². The summed E-state index contributed by atoms with van der Waals surface area (Å²) in [5, 5.41) is 13.9. The minimum atomic E-state index is -1.11. The van der Waals surface area contributed by atoms with E-state index in [1.54, 1.807) is 0 Å². The van der Waals surface area contributed by atoms with Crippen LogP contribution in [0.25, 0.3) is 0 Å². The van der Waals surface area contributed by atoms with Crippen LogP contribution in [0, 0.1) is 5.92 Å². The van der Waals surface area contributed by atoms with Crippen molar-refractivity contribution in [1.82, 2.24) is 5.01 Å². The van der Waals surface area contributed by atoms with Gasteiger partial charge < -0.3 is 5.11 Å². The maximum Gasteiger partial charge on any atom is 0.321 e. The molecule has 1 N–H and O–H groups in total. The molecule has 2 rings (SSSR count). The van der Waals surface area contributed by atoms with Crippen molar-refractivity contribution in [3.05, 3.63) is 0 Å². The molecule has 1 unspecified atom stereocenters. The maximum absolute atomic E-state index is 11.6. The molecule has 5 heteroatoms. The zero-order chi connectivity index (χ0) is 10.1. The fourth-order valence-corrected chi connectivity index (χ4v) is 1.99. The zero-order valence-electron chi connectivity index (χ0n) is 7.72. The van der Waals surface area contributed by atoms with Crippen molar-refractivity contribution in [3.8, 4) is 0 Å². The molecule has 1 aliphatic carbocycles. The third-order valence-electron chi connectivity index (χ3n) is 2.77. The van der Waals surface area contributed by atoms with Gasteiger partial charge in [-0.15, -0.1) is 0 Å². The minimum Gasteiger partial charge on any atom is -0.480 e. The second kappa shape index (κ2) is 3.40. The smallest absolute Gasteiger partial charge is 0.321 e. The number of carbonyl (C=O) groups is 2. The second-order valence-electron chi connectivity index (χ2n) is 3.70. The minimum absolute atomic E-state index is 0.128. The lowest BCUT2D eigenvalue weighted by Crippen LogP contribution is -2.36. The van der Waals surface area contributed by atoms with Crippen LogP contribution < -0.4 is 0 Å². The standard InChI is InChI=1S/C9H12N2O3/c12-8-7(9(13)14)5-10-11(8)6-3-1-2-4-6/h5-7H,1-4H2,(H,13,14). The van der Waals surface area contributed by atoms with Crippen molar-refractivity contribution >= 4 is 18.1 Å². The van der Waals surface area contributed by atoms with Gasteiger partial charge in [0.2, 0.25) is 0 Å². The van der Waals surface area contributed by atoms with Crippen LogP contribution in [0.15, 0.2) is 5.10 Å². The van der Waals surface area contributed by atoms with Crippen molar-refractivity contribution < 1.29 is 14.7 Å². The van der Waals surface area contributed by atoms with Gasteiger partial charge in [0.05, 0.1) is 6.04 Å². The molecule has 76 valence electrons. The van der Waals surface area contributed by atoms with Crippen molar-refractivity contribution in [2.75, 3.05) is 0 Å². The van der Waals surface area contributed by atoms with Gasteiger partial charge in [0.25, 0.3) is 5.91 Å². The van der Waals surface area contributed by atoms with Crippen LogP contribution >= 0.6 is 0 Å². The van der Waals surface area contributed by atoms with Gasteiger partial charge in [-0.1, -0.05) is 12.8 Å². The lowest BCUT2D eigenvalue weighted by atomic mass is 10.1. The molecule has 1 amide bonds. The Morgan fingerprint density at radius 3 is 2.64 bits per heavy atom. The summed E-state index contributed by atoms with van der Waals surface area (Å²) in [5.41, 5.74) is 0. The summed E-state index contributed by atoms with van der Waals surface area (Å²) in [4.78, 5) is 22.2. The maximum atomic E-state index is 11.6. The van der Waals surface area contributed by atoms with Gasteiger partial charge in [-0.05, 0) is 12.8 Å². The van der Waals surface area contributed by atoms with Gasteiger partial charge in [0, 0.05) is 6.21 Å². The molecule has 0 aromatic carbocycles. The molecule has 0 spiro atoms. The van der Waals surface area contributed by atoms with Gasteiger partial charge in [0.1, 0.15) is 0 Å². The third-order valence-corrected chi connectivity index (χ3v) is 2.77. The molecule has 0 bridgehead atoms. The topological polar surface area (TPSA) is 70.0 Å². The van der Waals surface area contributed by atoms with E-state index in [0.717, 1.165) is 25.7 Å². The van der Waals surface area contributed by atoms with E-state index in [0.29, 0.717) is 0 Å². The van der Waals surface area contributed by atoms with Gasteiger partial charge in [0.15, 0.2) is 5.92 Å². The lowest BCUT2D eigenvalue weighted by Gasteiger charge is -2.19. The highest BCUT2D eigenvalue weighted by atomic mass is 16.4. The van der Waals surface area contributed by atoms with E-state index < -0.39 is 11.9 Å². The Labute approximate surface area is 81.4 Å². The summed E-state index contributed by atoms with van der Waals surface area (Å²) in [7, 11) is 0. The Bertz CT molecular complexity index is 294. The molecule has 0 aromatic rings. The lowest BCUT2D eigenvalue weighted by molar-refractivity contribution is -0.147. The number of nitrogens with zero attached hydrogens (tertiary/aromatic N) is 2. The molecular weight excluding hydrogens is 184 g/mol. The summed E-state index contributed by atoms with van der Waals surface area (Å²) >= 11 is 0. The number of hydrazone groups is 1. The van der Waals surface area contributed by atoms with Crippen LogP contribution in [-0.4, -0.2) is 34.2 Å². The highest BCUT2D eigenvalue weighted by Crippen LogP contribution is 2.26. The molecule has 0 saturated heterocycles. The predicted molar refractivity (Wildman–Crippen MR) is 48.7 cm³/mol.